The maximum atomic E-state index is 12.1. The zero-order valence-corrected chi connectivity index (χ0v) is 14.9. The Morgan fingerprint density at radius 1 is 1.36 bits per heavy atom. The molecule has 2 atom stereocenters. The summed E-state index contributed by atoms with van der Waals surface area (Å²) in [5, 5.41) is 7.62. The Hall–Kier alpha value is -1.97. The molecule has 0 radical (unpaired) electrons. The van der Waals surface area contributed by atoms with Crippen LogP contribution in [0.2, 0.25) is 0 Å². The molecular formula is C16H22N2O6S. The van der Waals surface area contributed by atoms with E-state index in [1.807, 2.05) is 13.8 Å². The Kier molecular flexibility index (Phi) is 6.15. The van der Waals surface area contributed by atoms with Crippen molar-refractivity contribution < 1.29 is 27.5 Å². The molecule has 9 heteroatoms. The van der Waals surface area contributed by atoms with Gasteiger partial charge in [-0.2, -0.15) is 0 Å². The van der Waals surface area contributed by atoms with Crippen LogP contribution in [-0.4, -0.2) is 33.2 Å². The molecule has 1 amide bonds. The summed E-state index contributed by atoms with van der Waals surface area (Å²) in [6.45, 7) is 4.46. The molecule has 2 rings (SSSR count). The van der Waals surface area contributed by atoms with Crippen molar-refractivity contribution in [1.29, 1.82) is 0 Å². The van der Waals surface area contributed by atoms with Crippen LogP contribution in [0.5, 0.6) is 0 Å². The average molecular weight is 370 g/mol. The summed E-state index contributed by atoms with van der Waals surface area (Å²) in [4.78, 5) is 23.8. The lowest BCUT2D eigenvalue weighted by molar-refractivity contribution is -0.165. The first-order valence-corrected chi connectivity index (χ1v) is 9.44. The molecule has 1 aromatic carbocycles. The van der Waals surface area contributed by atoms with Crippen LogP contribution in [0.1, 0.15) is 26.7 Å². The van der Waals surface area contributed by atoms with E-state index < -0.39 is 28.2 Å². The fraction of sp³-hybridized carbons (Fsp3) is 0.500. The van der Waals surface area contributed by atoms with E-state index in [1.54, 1.807) is 0 Å². The second-order valence-electron chi connectivity index (χ2n) is 6.35. The smallest absolute Gasteiger partial charge is 0.312 e. The van der Waals surface area contributed by atoms with Gasteiger partial charge >= 0.3 is 5.97 Å². The van der Waals surface area contributed by atoms with Gasteiger partial charge in [-0.25, -0.2) is 13.6 Å². The van der Waals surface area contributed by atoms with Crippen molar-refractivity contribution in [2.24, 2.45) is 17.0 Å². The highest BCUT2D eigenvalue weighted by atomic mass is 32.2. The molecule has 8 nitrogen and oxygen atoms in total. The number of esters is 1. The van der Waals surface area contributed by atoms with Crippen LogP contribution in [0.3, 0.4) is 0 Å². The van der Waals surface area contributed by atoms with Gasteiger partial charge in [-0.3, -0.25) is 9.59 Å². The fourth-order valence-electron chi connectivity index (χ4n) is 2.33. The van der Waals surface area contributed by atoms with Crippen molar-refractivity contribution in [1.82, 2.24) is 0 Å². The van der Waals surface area contributed by atoms with Crippen molar-refractivity contribution in [3.05, 3.63) is 24.3 Å². The summed E-state index contributed by atoms with van der Waals surface area (Å²) in [5.74, 6) is -1.05. The van der Waals surface area contributed by atoms with Crippen LogP contribution < -0.4 is 10.5 Å². The number of rotatable bonds is 7. The van der Waals surface area contributed by atoms with E-state index in [1.165, 1.54) is 24.3 Å². The van der Waals surface area contributed by atoms with Crippen LogP contribution in [0, 0.1) is 11.8 Å². The number of nitrogens with two attached hydrogens (primary N) is 1. The van der Waals surface area contributed by atoms with Crippen LogP contribution in [-0.2, 0) is 29.1 Å². The predicted molar refractivity (Wildman–Crippen MR) is 89.8 cm³/mol. The molecule has 0 saturated carbocycles. The largest absolute Gasteiger partial charge is 0.435 e. The lowest BCUT2D eigenvalue weighted by Crippen LogP contribution is -2.19. The first-order chi connectivity index (χ1) is 11.6. The number of carbonyl (C=O) groups excluding carboxylic acids is 2. The van der Waals surface area contributed by atoms with Crippen LogP contribution in [0.15, 0.2) is 29.2 Å². The second-order valence-corrected chi connectivity index (χ2v) is 7.91. The third-order valence-electron chi connectivity index (χ3n) is 3.57. The van der Waals surface area contributed by atoms with Gasteiger partial charge in [-0.1, -0.05) is 13.8 Å². The molecule has 1 heterocycles. The van der Waals surface area contributed by atoms with Gasteiger partial charge in [0, 0.05) is 18.5 Å². The summed E-state index contributed by atoms with van der Waals surface area (Å²) in [5.41, 5.74) is 0.413. The number of hydrogen-bond acceptors (Lipinski definition) is 6. The number of ether oxygens (including phenoxy) is 2. The maximum Gasteiger partial charge on any atom is 0.312 e. The summed E-state index contributed by atoms with van der Waals surface area (Å²) in [7, 11) is -3.78. The summed E-state index contributed by atoms with van der Waals surface area (Å²) in [6.07, 6.45) is -0.303. The Morgan fingerprint density at radius 2 is 2.00 bits per heavy atom. The lowest BCUT2D eigenvalue weighted by atomic mass is 10.0. The number of sulfonamides is 1. The van der Waals surface area contributed by atoms with E-state index in [2.05, 4.69) is 5.32 Å². The molecule has 0 aromatic heterocycles. The Bertz CT molecular complexity index is 729. The minimum absolute atomic E-state index is 0.0304. The molecular weight excluding hydrogens is 348 g/mol. The topological polar surface area (TPSA) is 125 Å². The molecule has 138 valence electrons. The fourth-order valence-corrected chi connectivity index (χ4v) is 2.85. The molecule has 1 aliphatic heterocycles. The van der Waals surface area contributed by atoms with Gasteiger partial charge in [0.15, 0.2) is 0 Å². The van der Waals surface area contributed by atoms with Gasteiger partial charge in [0.2, 0.25) is 22.2 Å². The minimum Gasteiger partial charge on any atom is -0.435 e. The number of carbonyl (C=O) groups is 2. The van der Waals surface area contributed by atoms with Gasteiger partial charge in [-0.15, -0.1) is 0 Å². The second kappa shape index (κ2) is 7.94. The van der Waals surface area contributed by atoms with E-state index >= 15 is 0 Å². The number of benzene rings is 1. The molecule has 1 aliphatic rings. The van der Waals surface area contributed by atoms with Crippen LogP contribution >= 0.6 is 0 Å². The molecule has 0 spiro atoms. The monoisotopic (exact) mass is 370 g/mol. The number of hydrogen-bond donors (Lipinski definition) is 2. The van der Waals surface area contributed by atoms with Gasteiger partial charge < -0.3 is 14.8 Å². The van der Waals surface area contributed by atoms with E-state index in [0.717, 1.165) is 0 Å². The molecule has 0 aliphatic carbocycles. The molecule has 1 aromatic rings. The van der Waals surface area contributed by atoms with E-state index in [0.29, 0.717) is 24.6 Å². The van der Waals surface area contributed by atoms with Gasteiger partial charge in [-0.05, 0) is 30.2 Å². The Morgan fingerprint density at radius 3 is 2.56 bits per heavy atom. The number of nitrogens with one attached hydrogen (secondary N) is 1. The summed E-state index contributed by atoms with van der Waals surface area (Å²) in [6, 6.07) is 5.45. The molecule has 2 unspecified atom stereocenters. The number of cyclic esters (lactones) is 1. The molecule has 1 fully saturated rings. The molecule has 1 saturated heterocycles. The Balaban J connectivity index is 1.87. The van der Waals surface area contributed by atoms with Gasteiger partial charge in [0.25, 0.3) is 0 Å². The Labute approximate surface area is 146 Å². The first-order valence-electron chi connectivity index (χ1n) is 7.90. The predicted octanol–water partition coefficient (Wildman–Crippen LogP) is 1.22. The number of anilines is 1. The van der Waals surface area contributed by atoms with Crippen LogP contribution in [0.4, 0.5) is 5.69 Å². The zero-order valence-electron chi connectivity index (χ0n) is 14.1. The highest BCUT2D eigenvalue weighted by molar-refractivity contribution is 7.89. The van der Waals surface area contributed by atoms with E-state index in [9.17, 15) is 18.0 Å². The molecule has 25 heavy (non-hydrogen) atoms. The van der Waals surface area contributed by atoms with Crippen molar-refractivity contribution in [2.75, 3.05) is 11.9 Å². The van der Waals surface area contributed by atoms with Crippen molar-refractivity contribution in [3.8, 4) is 0 Å². The zero-order chi connectivity index (χ0) is 18.6. The summed E-state index contributed by atoms with van der Waals surface area (Å²) >= 11 is 0. The first kappa shape index (κ1) is 19.4. The van der Waals surface area contributed by atoms with Gasteiger partial charge in [0.1, 0.15) is 0 Å². The minimum atomic E-state index is -3.78. The molecule has 3 N–H and O–H groups in total. The third kappa shape index (κ3) is 5.80. The van der Waals surface area contributed by atoms with Crippen LogP contribution in [0.25, 0.3) is 0 Å². The molecule has 0 bridgehead atoms. The number of amides is 1. The average Bonchev–Trinajstić information content (AvgIpc) is 2.85. The van der Waals surface area contributed by atoms with Gasteiger partial charge in [0.05, 0.1) is 17.4 Å². The van der Waals surface area contributed by atoms with Crippen molar-refractivity contribution in [3.63, 3.8) is 0 Å². The standard InChI is InChI=1S/C16H22N2O6S/c1-10(2)9-23-15-8-11(16(20)24-15)7-14(19)18-12-3-5-13(6-4-12)25(17,21)22/h3-6,10-11,15H,7-9H2,1-2H3,(H,18,19)(H2,17,21,22). The van der Waals surface area contributed by atoms with Crippen molar-refractivity contribution in [2.45, 2.75) is 37.9 Å². The SMILES string of the molecule is CC(C)COC1CC(CC(=O)Nc2ccc(S(N)(=O)=O)cc2)C(=O)O1. The van der Waals surface area contributed by atoms with E-state index in [4.69, 9.17) is 14.6 Å². The third-order valence-corrected chi connectivity index (χ3v) is 4.50. The number of primary sulfonamides is 1. The lowest BCUT2D eigenvalue weighted by Gasteiger charge is -2.12. The normalized spacial score (nSPS) is 20.6. The van der Waals surface area contributed by atoms with E-state index in [-0.39, 0.29) is 17.2 Å². The summed E-state index contributed by atoms with van der Waals surface area (Å²) < 4.78 is 32.9. The quantitative estimate of drug-likeness (QED) is 0.695. The van der Waals surface area contributed by atoms with Crippen molar-refractivity contribution >= 4 is 27.6 Å². The highest BCUT2D eigenvalue weighted by Crippen LogP contribution is 2.26. The maximum absolute atomic E-state index is 12.1. The highest BCUT2D eigenvalue weighted by Gasteiger charge is 2.36.